The van der Waals surface area contributed by atoms with Crippen LogP contribution in [0.4, 0.5) is 5.13 Å². The van der Waals surface area contributed by atoms with Crippen LogP contribution in [0.25, 0.3) is 10.9 Å². The first-order chi connectivity index (χ1) is 12.9. The Balaban J connectivity index is 1.65. The highest BCUT2D eigenvalue weighted by Gasteiger charge is 2.18. The average molecular weight is 383 g/mol. The normalized spacial score (nSPS) is 11.0. The van der Waals surface area contributed by atoms with Crippen molar-refractivity contribution in [2.24, 2.45) is 5.92 Å². The number of hydrogen-bond donors (Lipinski definition) is 1. The van der Waals surface area contributed by atoms with E-state index in [9.17, 15) is 9.59 Å². The maximum atomic E-state index is 12.8. The van der Waals surface area contributed by atoms with Gasteiger partial charge in [0, 0.05) is 25.1 Å². The summed E-state index contributed by atoms with van der Waals surface area (Å²) in [5.41, 5.74) is 1.10. The summed E-state index contributed by atoms with van der Waals surface area (Å²) in [6, 6.07) is 9.15. The molecule has 0 atom stereocenters. The monoisotopic (exact) mass is 383 g/mol. The fourth-order valence-corrected chi connectivity index (χ4v) is 3.63. The van der Waals surface area contributed by atoms with E-state index in [1.807, 2.05) is 24.3 Å². The Kier molecular flexibility index (Phi) is 5.75. The molecule has 0 unspecified atom stereocenters. The number of carbonyl (C=O) groups is 2. The summed E-state index contributed by atoms with van der Waals surface area (Å²) in [6.07, 6.45) is 2.47. The maximum absolute atomic E-state index is 12.8. The Labute approximate surface area is 161 Å². The number of rotatable bonds is 6. The van der Waals surface area contributed by atoms with Crippen LogP contribution in [0.3, 0.4) is 0 Å². The number of anilines is 1. The van der Waals surface area contributed by atoms with E-state index in [-0.39, 0.29) is 18.4 Å². The summed E-state index contributed by atoms with van der Waals surface area (Å²) in [6.45, 7) is 4.12. The van der Waals surface area contributed by atoms with E-state index in [0.717, 1.165) is 16.8 Å². The molecule has 3 rings (SSSR count). The van der Waals surface area contributed by atoms with Crippen molar-refractivity contribution in [1.29, 1.82) is 0 Å². The van der Waals surface area contributed by atoms with Gasteiger partial charge in [0.1, 0.15) is 5.01 Å². The molecule has 0 saturated carbocycles. The largest absolute Gasteiger partial charge is 0.332 e. The first kappa shape index (κ1) is 18.9. The van der Waals surface area contributed by atoms with Crippen LogP contribution in [-0.4, -0.2) is 45.5 Å². The van der Waals surface area contributed by atoms with Gasteiger partial charge in [-0.3, -0.25) is 19.9 Å². The van der Waals surface area contributed by atoms with Crippen LogP contribution in [0.5, 0.6) is 0 Å². The number of pyridine rings is 1. The van der Waals surface area contributed by atoms with E-state index >= 15 is 0 Å². The molecule has 7 nitrogen and oxygen atoms in total. The van der Waals surface area contributed by atoms with Crippen molar-refractivity contribution in [1.82, 2.24) is 20.1 Å². The third kappa shape index (κ3) is 4.65. The molecule has 3 aromatic rings. The number of fused-ring (bicyclic) bond motifs is 1. The molecule has 8 heteroatoms. The van der Waals surface area contributed by atoms with Gasteiger partial charge < -0.3 is 4.90 Å². The Hall–Kier alpha value is -2.87. The molecule has 0 aliphatic heterocycles. The van der Waals surface area contributed by atoms with Gasteiger partial charge in [0.2, 0.25) is 11.0 Å². The van der Waals surface area contributed by atoms with Gasteiger partial charge in [-0.25, -0.2) is 0 Å². The Bertz CT molecular complexity index is 964. The molecule has 0 saturated heterocycles. The summed E-state index contributed by atoms with van der Waals surface area (Å²) < 4.78 is 0. The van der Waals surface area contributed by atoms with Gasteiger partial charge in [-0.2, -0.15) is 0 Å². The minimum Gasteiger partial charge on any atom is -0.332 e. The van der Waals surface area contributed by atoms with Crippen molar-refractivity contribution in [2.45, 2.75) is 20.3 Å². The second-order valence-electron chi connectivity index (χ2n) is 6.69. The van der Waals surface area contributed by atoms with Crippen molar-refractivity contribution in [3.63, 3.8) is 0 Å². The SMILES string of the molecule is CC(C)Cc1nnc(NC(=O)CN(C)C(=O)c2cccc3cccnc23)s1. The number of nitrogens with zero attached hydrogens (tertiary/aromatic N) is 4. The van der Waals surface area contributed by atoms with Crippen molar-refractivity contribution in [3.05, 3.63) is 47.1 Å². The van der Waals surface area contributed by atoms with Gasteiger partial charge in [0.15, 0.2) is 0 Å². The molecule has 0 fully saturated rings. The molecule has 1 N–H and O–H groups in total. The molecule has 2 amide bonds. The standard InChI is InChI=1S/C19H21N5O2S/c1-12(2)10-16-22-23-19(27-16)21-15(25)11-24(3)18(26)14-8-4-6-13-7-5-9-20-17(13)14/h4-9,12H,10-11H2,1-3H3,(H,21,23,25). The molecule has 0 spiro atoms. The van der Waals surface area contributed by atoms with Crippen molar-refractivity contribution in [3.8, 4) is 0 Å². The van der Waals surface area contributed by atoms with Gasteiger partial charge in [-0.05, 0) is 18.1 Å². The van der Waals surface area contributed by atoms with Crippen LogP contribution >= 0.6 is 11.3 Å². The summed E-state index contributed by atoms with van der Waals surface area (Å²) in [5, 5.41) is 13.0. The first-order valence-corrected chi connectivity index (χ1v) is 9.47. The predicted octanol–water partition coefficient (Wildman–Crippen LogP) is 3.00. The third-order valence-electron chi connectivity index (χ3n) is 3.89. The number of aromatic nitrogens is 3. The smallest absolute Gasteiger partial charge is 0.256 e. The summed E-state index contributed by atoms with van der Waals surface area (Å²) in [5.74, 6) is -0.0990. The fourth-order valence-electron chi connectivity index (χ4n) is 2.66. The second-order valence-corrected chi connectivity index (χ2v) is 7.75. The van der Waals surface area contributed by atoms with E-state index in [1.165, 1.54) is 16.2 Å². The Morgan fingerprint density at radius 2 is 1.96 bits per heavy atom. The van der Waals surface area contributed by atoms with Crippen LogP contribution in [-0.2, 0) is 11.2 Å². The highest BCUT2D eigenvalue weighted by atomic mass is 32.1. The van der Waals surface area contributed by atoms with Crippen LogP contribution in [0.15, 0.2) is 36.5 Å². The number of para-hydroxylation sites is 1. The lowest BCUT2D eigenvalue weighted by Crippen LogP contribution is -2.35. The first-order valence-electron chi connectivity index (χ1n) is 8.65. The molecule has 1 aromatic carbocycles. The second kappa shape index (κ2) is 8.22. The zero-order valence-corrected chi connectivity index (χ0v) is 16.3. The zero-order valence-electron chi connectivity index (χ0n) is 15.5. The fraction of sp³-hybridized carbons (Fsp3) is 0.316. The molecule has 0 bridgehead atoms. The Morgan fingerprint density at radius 1 is 1.19 bits per heavy atom. The Morgan fingerprint density at radius 3 is 2.74 bits per heavy atom. The quantitative estimate of drug-likeness (QED) is 0.707. The maximum Gasteiger partial charge on any atom is 0.256 e. The van der Waals surface area contributed by atoms with Gasteiger partial charge >= 0.3 is 0 Å². The molecular weight excluding hydrogens is 362 g/mol. The summed E-state index contributed by atoms with van der Waals surface area (Å²) >= 11 is 1.36. The van der Waals surface area contributed by atoms with E-state index in [1.54, 1.807) is 19.3 Å². The molecule has 0 aliphatic carbocycles. The zero-order chi connectivity index (χ0) is 19.4. The molecule has 27 heavy (non-hydrogen) atoms. The number of nitrogens with one attached hydrogen (secondary N) is 1. The lowest BCUT2D eigenvalue weighted by molar-refractivity contribution is -0.116. The highest BCUT2D eigenvalue weighted by Crippen LogP contribution is 2.19. The number of carbonyl (C=O) groups excluding carboxylic acids is 2. The van der Waals surface area contributed by atoms with Crippen LogP contribution in [0.2, 0.25) is 0 Å². The van der Waals surface area contributed by atoms with E-state index < -0.39 is 0 Å². The summed E-state index contributed by atoms with van der Waals surface area (Å²) in [4.78, 5) is 30.7. The molecule has 140 valence electrons. The molecule has 0 radical (unpaired) electrons. The molecule has 2 aromatic heterocycles. The van der Waals surface area contributed by atoms with Crippen LogP contribution in [0, 0.1) is 5.92 Å². The van der Waals surface area contributed by atoms with Gasteiger partial charge in [-0.15, -0.1) is 10.2 Å². The van der Waals surface area contributed by atoms with E-state index in [2.05, 4.69) is 34.3 Å². The predicted molar refractivity (Wildman–Crippen MR) is 106 cm³/mol. The third-order valence-corrected chi connectivity index (χ3v) is 4.75. The van der Waals surface area contributed by atoms with Crippen LogP contribution < -0.4 is 5.32 Å². The highest BCUT2D eigenvalue weighted by molar-refractivity contribution is 7.15. The van der Waals surface area contributed by atoms with Crippen molar-refractivity contribution >= 4 is 39.2 Å². The van der Waals surface area contributed by atoms with Gasteiger partial charge in [-0.1, -0.05) is 43.4 Å². The van der Waals surface area contributed by atoms with Crippen molar-refractivity contribution < 1.29 is 9.59 Å². The lowest BCUT2D eigenvalue weighted by Gasteiger charge is -2.17. The number of hydrogen-bond acceptors (Lipinski definition) is 6. The average Bonchev–Trinajstić information content (AvgIpc) is 3.06. The van der Waals surface area contributed by atoms with E-state index in [0.29, 0.717) is 22.1 Å². The van der Waals surface area contributed by atoms with Crippen molar-refractivity contribution in [2.75, 3.05) is 18.9 Å². The topological polar surface area (TPSA) is 88.1 Å². The number of amides is 2. The number of benzene rings is 1. The molecule has 0 aliphatic rings. The van der Waals surface area contributed by atoms with Gasteiger partial charge in [0.05, 0.1) is 17.6 Å². The number of likely N-dealkylation sites (N-methyl/N-ethyl adjacent to an activating group) is 1. The minimum absolute atomic E-state index is 0.0822. The molecular formula is C19H21N5O2S. The van der Waals surface area contributed by atoms with Gasteiger partial charge in [0.25, 0.3) is 5.91 Å². The molecule has 2 heterocycles. The van der Waals surface area contributed by atoms with E-state index in [4.69, 9.17) is 0 Å². The van der Waals surface area contributed by atoms with Crippen LogP contribution in [0.1, 0.15) is 29.2 Å². The lowest BCUT2D eigenvalue weighted by atomic mass is 10.1. The minimum atomic E-state index is -0.314. The summed E-state index contributed by atoms with van der Waals surface area (Å²) in [7, 11) is 1.59.